The molecule has 2 amide bonds. The molecule has 4 atom stereocenters. The Morgan fingerprint density at radius 2 is 1.52 bits per heavy atom. The molecule has 0 radical (unpaired) electrons. The lowest BCUT2D eigenvalue weighted by Crippen LogP contribution is -2.50. The van der Waals surface area contributed by atoms with Gasteiger partial charge in [0.2, 0.25) is 28.6 Å². The van der Waals surface area contributed by atoms with Crippen molar-refractivity contribution in [2.75, 3.05) is 13.9 Å². The number of carbonyl (C=O) groups excluding carboxylic acids is 2. The minimum absolute atomic E-state index is 0. The Kier molecular flexibility index (Phi) is 13.5. The summed E-state index contributed by atoms with van der Waals surface area (Å²) in [6, 6.07) is 22.5. The van der Waals surface area contributed by atoms with Crippen molar-refractivity contribution in [2.24, 2.45) is 0 Å². The topological polar surface area (TPSA) is 135 Å². The van der Waals surface area contributed by atoms with Crippen LogP contribution in [0, 0.1) is 0 Å². The molecule has 2 heterocycles. The van der Waals surface area contributed by atoms with E-state index in [9.17, 15) is 18.0 Å². The second-order valence-electron chi connectivity index (χ2n) is 14.5. The molecule has 54 heavy (non-hydrogen) atoms. The molecule has 1 fully saturated rings. The van der Waals surface area contributed by atoms with Crippen LogP contribution in [-0.4, -0.2) is 63.2 Å². The zero-order valence-corrected chi connectivity index (χ0v) is 33.1. The van der Waals surface area contributed by atoms with Gasteiger partial charge in [-0.1, -0.05) is 48.9 Å². The van der Waals surface area contributed by atoms with E-state index in [1.807, 2.05) is 32.0 Å². The number of likely N-dealkylation sites (tertiary alicyclic amines) is 1. The van der Waals surface area contributed by atoms with Crippen molar-refractivity contribution >= 4 is 45.0 Å². The smallest absolute Gasteiger partial charge is 0.243 e. The molecule has 2 aliphatic heterocycles. The maximum atomic E-state index is 13.9. The van der Waals surface area contributed by atoms with Crippen LogP contribution >= 0.6 is 12.4 Å². The lowest BCUT2D eigenvalue weighted by Gasteiger charge is -2.39. The summed E-state index contributed by atoms with van der Waals surface area (Å²) < 4.78 is 46.9. The number of sulfonamides is 1. The number of halogens is 1. The van der Waals surface area contributed by atoms with E-state index in [1.165, 1.54) is 30.9 Å². The van der Waals surface area contributed by atoms with Crippen molar-refractivity contribution in [3.05, 3.63) is 95.6 Å². The molecule has 11 nitrogen and oxygen atoms in total. The van der Waals surface area contributed by atoms with Gasteiger partial charge in [0.25, 0.3) is 0 Å². The van der Waals surface area contributed by atoms with E-state index >= 15 is 0 Å². The molecule has 4 aromatic rings. The lowest BCUT2D eigenvalue weighted by atomic mass is 9.96. The largest absolute Gasteiger partial charge is 0.497 e. The molecular weight excluding hydrogens is 728 g/mol. The van der Waals surface area contributed by atoms with E-state index in [4.69, 9.17) is 14.2 Å². The molecule has 6 rings (SSSR count). The van der Waals surface area contributed by atoms with Crippen molar-refractivity contribution in [1.29, 1.82) is 0 Å². The molecule has 2 aliphatic rings. The highest BCUT2D eigenvalue weighted by Crippen LogP contribution is 2.35. The van der Waals surface area contributed by atoms with Crippen LogP contribution in [0.5, 0.6) is 17.2 Å². The fourth-order valence-electron chi connectivity index (χ4n) is 7.16. The Labute approximate surface area is 324 Å². The lowest BCUT2D eigenvalue weighted by molar-refractivity contribution is -0.129. The highest BCUT2D eigenvalue weighted by Gasteiger charge is 2.29. The van der Waals surface area contributed by atoms with Gasteiger partial charge in [0.05, 0.1) is 18.0 Å². The number of methoxy groups -OCH3 is 1. The number of amides is 2. The van der Waals surface area contributed by atoms with Gasteiger partial charge in [0, 0.05) is 37.5 Å². The van der Waals surface area contributed by atoms with E-state index in [1.54, 1.807) is 49.6 Å². The SMILES string of the molecule is COc1ccc2cc(S(=O)(=O)N[C@H](CC(=O)N[C@H](Cc3ccc(CN4[C@H](C)CCC[C@@H]4C)cc3)C(=O)NC(C)C)c3ccc4c(c3)OCO4)ccc2c1.Cl. The van der Waals surface area contributed by atoms with Gasteiger partial charge in [-0.05, 0) is 104 Å². The second-order valence-corrected chi connectivity index (χ2v) is 16.2. The third-order valence-corrected chi connectivity index (χ3v) is 11.6. The standard InChI is InChI=1S/C41H50N4O7S.ClH/c1-26(2)42-41(47)37(19-29-9-11-30(12-10-29)24-45-27(3)7-6-8-28(45)4)43-40(46)23-36(33-15-18-38-39(22-33)52-25-51-38)44-53(48,49)35-17-14-31-20-34(50-5)16-13-32(31)21-35;/h9-18,20-22,26-28,36-37,44H,6-8,19,23-25H2,1-5H3,(H,42,47)(H,43,46);1H/t27-,28+,36-,37-;/m1./s1. The molecule has 0 aromatic heterocycles. The summed E-state index contributed by atoms with van der Waals surface area (Å²) in [5.41, 5.74) is 2.61. The summed E-state index contributed by atoms with van der Waals surface area (Å²) in [5.74, 6) is 0.834. The van der Waals surface area contributed by atoms with Crippen LogP contribution in [0.15, 0.2) is 83.8 Å². The van der Waals surface area contributed by atoms with Crippen molar-refractivity contribution in [1.82, 2.24) is 20.3 Å². The van der Waals surface area contributed by atoms with Gasteiger partial charge < -0.3 is 24.8 Å². The number of hydrogen-bond acceptors (Lipinski definition) is 8. The Morgan fingerprint density at radius 1 is 0.852 bits per heavy atom. The third kappa shape index (κ3) is 10.0. The maximum Gasteiger partial charge on any atom is 0.243 e. The van der Waals surface area contributed by atoms with Gasteiger partial charge in [0.15, 0.2) is 11.5 Å². The first-order chi connectivity index (χ1) is 25.4. The quantitative estimate of drug-likeness (QED) is 0.134. The molecule has 4 aromatic carbocycles. The first-order valence-electron chi connectivity index (χ1n) is 18.3. The number of fused-ring (bicyclic) bond motifs is 2. The number of ether oxygens (including phenoxy) is 3. The average Bonchev–Trinajstić information content (AvgIpc) is 3.61. The zero-order chi connectivity index (χ0) is 37.7. The third-order valence-electron chi connectivity index (χ3n) is 10.1. The molecule has 0 spiro atoms. The van der Waals surface area contributed by atoms with Crippen molar-refractivity contribution in [3.8, 4) is 17.2 Å². The summed E-state index contributed by atoms with van der Waals surface area (Å²) in [7, 11) is -2.55. The minimum Gasteiger partial charge on any atom is -0.497 e. The molecule has 290 valence electrons. The Balaban J connectivity index is 0.00000561. The van der Waals surface area contributed by atoms with Gasteiger partial charge in [-0.3, -0.25) is 14.5 Å². The number of benzene rings is 4. The second kappa shape index (κ2) is 17.9. The molecule has 1 saturated heterocycles. The average molecular weight is 779 g/mol. The molecule has 0 unspecified atom stereocenters. The monoisotopic (exact) mass is 778 g/mol. The van der Waals surface area contributed by atoms with Crippen molar-refractivity contribution < 1.29 is 32.2 Å². The molecule has 0 saturated carbocycles. The first kappa shape index (κ1) is 40.8. The summed E-state index contributed by atoms with van der Waals surface area (Å²) in [5, 5.41) is 7.38. The van der Waals surface area contributed by atoms with Gasteiger partial charge >= 0.3 is 0 Å². The summed E-state index contributed by atoms with van der Waals surface area (Å²) in [4.78, 5) is 29.9. The number of nitrogens with zero attached hydrogens (tertiary/aromatic N) is 1. The minimum atomic E-state index is -4.12. The summed E-state index contributed by atoms with van der Waals surface area (Å²) >= 11 is 0. The van der Waals surface area contributed by atoms with Crippen LogP contribution in [0.25, 0.3) is 10.8 Å². The predicted octanol–water partition coefficient (Wildman–Crippen LogP) is 6.42. The normalized spacial score (nSPS) is 18.1. The fourth-order valence-corrected chi connectivity index (χ4v) is 8.41. The Morgan fingerprint density at radius 3 is 2.22 bits per heavy atom. The van der Waals surface area contributed by atoms with E-state index in [2.05, 4.69) is 46.2 Å². The number of rotatable bonds is 14. The van der Waals surface area contributed by atoms with Gasteiger partial charge in [-0.15, -0.1) is 12.4 Å². The van der Waals surface area contributed by atoms with Gasteiger partial charge in [-0.2, -0.15) is 0 Å². The van der Waals surface area contributed by atoms with Crippen LogP contribution in [0.3, 0.4) is 0 Å². The predicted molar refractivity (Wildman–Crippen MR) is 212 cm³/mol. The highest BCUT2D eigenvalue weighted by molar-refractivity contribution is 7.89. The maximum absolute atomic E-state index is 13.9. The van der Waals surface area contributed by atoms with Gasteiger partial charge in [0.1, 0.15) is 11.8 Å². The van der Waals surface area contributed by atoms with Crippen molar-refractivity contribution in [3.63, 3.8) is 0 Å². The molecule has 13 heteroatoms. The van der Waals surface area contributed by atoms with Crippen LogP contribution in [-0.2, 0) is 32.6 Å². The van der Waals surface area contributed by atoms with E-state index < -0.39 is 28.0 Å². The van der Waals surface area contributed by atoms with Crippen LogP contribution in [0.2, 0.25) is 0 Å². The van der Waals surface area contributed by atoms with E-state index in [0.717, 1.165) is 17.5 Å². The Bertz CT molecular complexity index is 2030. The Hall–Kier alpha value is -4.36. The number of hydrogen-bond donors (Lipinski definition) is 3. The van der Waals surface area contributed by atoms with Gasteiger partial charge in [-0.25, -0.2) is 13.1 Å². The first-order valence-corrected chi connectivity index (χ1v) is 19.8. The highest BCUT2D eigenvalue weighted by atomic mass is 35.5. The van der Waals surface area contributed by atoms with Crippen LogP contribution in [0.1, 0.15) is 76.1 Å². The van der Waals surface area contributed by atoms with Crippen LogP contribution < -0.4 is 29.6 Å². The van der Waals surface area contributed by atoms with E-state index in [0.29, 0.717) is 40.3 Å². The molecule has 0 bridgehead atoms. The summed E-state index contributed by atoms with van der Waals surface area (Å²) in [6.45, 7) is 9.20. The van der Waals surface area contributed by atoms with E-state index in [-0.39, 0.29) is 48.9 Å². The molecule has 0 aliphatic carbocycles. The molecular formula is C41H51ClN4O7S. The fraction of sp³-hybridized carbons (Fsp3) is 0.415. The van der Waals surface area contributed by atoms with Crippen molar-refractivity contribution in [2.45, 2.75) is 101 Å². The number of nitrogens with one attached hydrogen (secondary N) is 3. The van der Waals surface area contributed by atoms with Crippen LogP contribution in [0.4, 0.5) is 0 Å². The molecule has 3 N–H and O–H groups in total. The summed E-state index contributed by atoms with van der Waals surface area (Å²) in [6.07, 6.45) is 3.65. The number of carbonyl (C=O) groups is 2. The number of piperidine rings is 1. The zero-order valence-electron chi connectivity index (χ0n) is 31.5.